The van der Waals surface area contributed by atoms with E-state index in [9.17, 15) is 14.7 Å². The number of rotatable bonds is 3. The predicted octanol–water partition coefficient (Wildman–Crippen LogP) is 2.89. The van der Waals surface area contributed by atoms with Gasteiger partial charge in [-0.05, 0) is 0 Å². The molecule has 3 rings (SSSR count). The van der Waals surface area contributed by atoms with E-state index in [1.165, 1.54) is 12.1 Å². The fraction of sp³-hybridized carbons (Fsp3) is 0.0526. The van der Waals surface area contributed by atoms with E-state index >= 15 is 0 Å². The molecule has 0 heterocycles. The third-order valence-corrected chi connectivity index (χ3v) is 6.49. The second kappa shape index (κ2) is 5.55. The van der Waals surface area contributed by atoms with E-state index in [1.54, 1.807) is 36.4 Å². The quantitative estimate of drug-likeness (QED) is 0.649. The van der Waals surface area contributed by atoms with Crippen molar-refractivity contribution in [2.45, 2.75) is 6.92 Å². The van der Waals surface area contributed by atoms with Crippen molar-refractivity contribution in [3.05, 3.63) is 84.4 Å². The van der Waals surface area contributed by atoms with Crippen molar-refractivity contribution in [3.8, 4) is 11.1 Å². The summed E-state index contributed by atoms with van der Waals surface area (Å²) in [6, 6.07) is 22.9. The SMILES string of the molecule is Cc1ccc(P(O)(O)(O)c2ccccc2)cc1-c1ccccc1. The van der Waals surface area contributed by atoms with Crippen LogP contribution in [0.2, 0.25) is 0 Å². The molecule has 3 N–H and O–H groups in total. The van der Waals surface area contributed by atoms with Gasteiger partial charge < -0.3 is 0 Å². The fourth-order valence-electron chi connectivity index (χ4n) is 2.65. The van der Waals surface area contributed by atoms with E-state index in [0.717, 1.165) is 16.7 Å². The Hall–Kier alpha value is -2.03. The van der Waals surface area contributed by atoms with Gasteiger partial charge >= 0.3 is 135 Å². The van der Waals surface area contributed by atoms with Crippen LogP contribution in [0.15, 0.2) is 78.9 Å². The van der Waals surface area contributed by atoms with Crippen molar-refractivity contribution in [1.82, 2.24) is 0 Å². The molecule has 0 amide bonds. The van der Waals surface area contributed by atoms with Crippen LogP contribution in [0.1, 0.15) is 5.56 Å². The average Bonchev–Trinajstić information content (AvgIpc) is 2.56. The maximum atomic E-state index is 10.7. The third-order valence-electron chi connectivity index (χ3n) is 4.01. The molecule has 3 nitrogen and oxygen atoms in total. The van der Waals surface area contributed by atoms with Crippen LogP contribution in [0.4, 0.5) is 0 Å². The molecule has 0 aromatic heterocycles. The molecule has 0 bridgehead atoms. The van der Waals surface area contributed by atoms with Crippen LogP contribution < -0.4 is 10.6 Å². The Morgan fingerprint density at radius 3 is 1.83 bits per heavy atom. The zero-order chi connectivity index (χ0) is 16.5. The van der Waals surface area contributed by atoms with E-state index in [0.29, 0.717) is 0 Å². The van der Waals surface area contributed by atoms with Gasteiger partial charge in [-0.15, -0.1) is 0 Å². The van der Waals surface area contributed by atoms with E-state index in [1.807, 2.05) is 37.3 Å². The maximum absolute atomic E-state index is 10.7. The molecule has 0 aliphatic rings. The van der Waals surface area contributed by atoms with Gasteiger partial charge in [-0.2, -0.15) is 0 Å². The van der Waals surface area contributed by atoms with Crippen LogP contribution in [-0.4, -0.2) is 14.7 Å². The normalized spacial score (nSPS) is 13.3. The van der Waals surface area contributed by atoms with Crippen LogP contribution in [0.5, 0.6) is 0 Å². The van der Waals surface area contributed by atoms with Gasteiger partial charge in [0.25, 0.3) is 0 Å². The van der Waals surface area contributed by atoms with Crippen molar-refractivity contribution < 1.29 is 14.7 Å². The monoisotopic (exact) mass is 326 g/mol. The van der Waals surface area contributed by atoms with Crippen molar-refractivity contribution in [1.29, 1.82) is 0 Å². The van der Waals surface area contributed by atoms with Gasteiger partial charge in [-0.3, -0.25) is 0 Å². The third kappa shape index (κ3) is 2.92. The van der Waals surface area contributed by atoms with Gasteiger partial charge in [0, 0.05) is 0 Å². The molecular formula is C19H19O3P. The molecule has 0 atom stereocenters. The Morgan fingerprint density at radius 2 is 1.22 bits per heavy atom. The predicted molar refractivity (Wildman–Crippen MR) is 95.9 cm³/mol. The molecule has 0 spiro atoms. The summed E-state index contributed by atoms with van der Waals surface area (Å²) in [4.78, 5) is 32.2. The van der Waals surface area contributed by atoms with Gasteiger partial charge in [-0.25, -0.2) is 0 Å². The molecule has 0 aliphatic heterocycles. The summed E-state index contributed by atoms with van der Waals surface area (Å²) in [5.74, 6) is 0. The summed E-state index contributed by atoms with van der Waals surface area (Å²) in [5, 5.41) is 0.257. The van der Waals surface area contributed by atoms with Crippen LogP contribution in [0.25, 0.3) is 11.1 Å². The van der Waals surface area contributed by atoms with Gasteiger partial charge in [0.2, 0.25) is 0 Å². The summed E-state index contributed by atoms with van der Waals surface area (Å²) in [7, 11) is -5.13. The minimum atomic E-state index is -5.13. The molecule has 23 heavy (non-hydrogen) atoms. The van der Waals surface area contributed by atoms with E-state index in [4.69, 9.17) is 0 Å². The van der Waals surface area contributed by atoms with Crippen LogP contribution >= 0.6 is 7.28 Å². The first-order chi connectivity index (χ1) is 10.9. The van der Waals surface area contributed by atoms with E-state index in [2.05, 4.69) is 0 Å². The summed E-state index contributed by atoms with van der Waals surface area (Å²) < 4.78 is 0. The second-order valence-electron chi connectivity index (χ2n) is 5.68. The molecule has 3 aromatic rings. The summed E-state index contributed by atoms with van der Waals surface area (Å²) in [6.45, 7) is 1.95. The van der Waals surface area contributed by atoms with Crippen LogP contribution in [0.3, 0.4) is 0 Å². The molecule has 0 fully saturated rings. The van der Waals surface area contributed by atoms with Gasteiger partial charge in [-0.1, -0.05) is 0 Å². The van der Waals surface area contributed by atoms with Gasteiger partial charge in [0.1, 0.15) is 0 Å². The zero-order valence-electron chi connectivity index (χ0n) is 12.8. The second-order valence-corrected chi connectivity index (χ2v) is 8.67. The Bertz CT molecular complexity index is 821. The number of hydrogen-bond acceptors (Lipinski definition) is 3. The Morgan fingerprint density at radius 1 is 0.652 bits per heavy atom. The van der Waals surface area contributed by atoms with Crippen LogP contribution in [-0.2, 0) is 0 Å². The Labute approximate surface area is 135 Å². The molecule has 0 unspecified atom stereocenters. The summed E-state index contributed by atoms with van der Waals surface area (Å²) >= 11 is 0. The first-order valence-corrected chi connectivity index (χ1v) is 9.45. The summed E-state index contributed by atoms with van der Waals surface area (Å²) in [6.07, 6.45) is 0. The van der Waals surface area contributed by atoms with Crippen LogP contribution in [0, 0.1) is 6.92 Å². The Balaban J connectivity index is 2.18. The molecule has 0 saturated carbocycles. The topological polar surface area (TPSA) is 60.7 Å². The van der Waals surface area contributed by atoms with Gasteiger partial charge in [0.15, 0.2) is 0 Å². The van der Waals surface area contributed by atoms with E-state index < -0.39 is 7.28 Å². The van der Waals surface area contributed by atoms with E-state index in [-0.39, 0.29) is 10.6 Å². The van der Waals surface area contributed by atoms with Crippen molar-refractivity contribution in [2.24, 2.45) is 0 Å². The zero-order valence-corrected chi connectivity index (χ0v) is 13.7. The first-order valence-electron chi connectivity index (χ1n) is 7.36. The number of aryl methyl sites for hydroxylation is 1. The molecule has 118 valence electrons. The molecule has 4 heteroatoms. The molecule has 0 aliphatic carbocycles. The van der Waals surface area contributed by atoms with Crippen molar-refractivity contribution in [3.63, 3.8) is 0 Å². The Kier molecular flexibility index (Phi) is 3.83. The average molecular weight is 326 g/mol. The molecule has 0 saturated heterocycles. The molecule has 3 aromatic carbocycles. The first kappa shape index (κ1) is 15.9. The van der Waals surface area contributed by atoms with Crippen molar-refractivity contribution in [2.75, 3.05) is 0 Å². The number of benzene rings is 3. The number of hydrogen-bond donors (Lipinski definition) is 3. The molecule has 0 radical (unpaired) electrons. The fourth-order valence-corrected chi connectivity index (χ4v) is 4.38. The summed E-state index contributed by atoms with van der Waals surface area (Å²) in [5.41, 5.74) is 2.83. The standard InChI is InChI=1S/C19H19O3P/c1-15-12-13-18(14-19(15)16-8-4-2-5-9-16)23(20,21,22)17-10-6-3-7-11-17/h2-14,20-22H,1H3. The minimum absolute atomic E-state index is 0.126. The van der Waals surface area contributed by atoms with Gasteiger partial charge in [0.05, 0.1) is 0 Å². The van der Waals surface area contributed by atoms with Crippen molar-refractivity contribution >= 4 is 17.9 Å². The molecular weight excluding hydrogens is 307 g/mol.